The van der Waals surface area contributed by atoms with Gasteiger partial charge in [-0.05, 0) is 12.8 Å². The van der Waals surface area contributed by atoms with Crippen LogP contribution in [0.5, 0.6) is 0 Å². The van der Waals surface area contributed by atoms with Crippen LogP contribution in [0.3, 0.4) is 0 Å². The molecule has 0 fully saturated rings. The summed E-state index contributed by atoms with van der Waals surface area (Å²) in [6.45, 7) is 8.56. The van der Waals surface area contributed by atoms with Crippen molar-refractivity contribution >= 4 is 8.88 Å². The minimum Gasteiger partial charge on any atom is -0.374 e. The van der Waals surface area contributed by atoms with Gasteiger partial charge in [-0.25, -0.2) is 0 Å². The molecule has 0 aliphatic rings. The van der Waals surface area contributed by atoms with Gasteiger partial charge < -0.3 is 8.85 Å². The van der Waals surface area contributed by atoms with E-state index in [-0.39, 0.29) is 0 Å². The molecule has 0 heterocycles. The molecule has 0 amide bonds. The molecule has 4 nitrogen and oxygen atoms in total. The van der Waals surface area contributed by atoms with Crippen LogP contribution in [0.15, 0.2) is 0 Å². The maximum atomic E-state index is 5.53. The molecule has 0 rings (SSSR count). The normalized spacial score (nSPS) is 16.4. The molecule has 0 aromatic rings. The summed E-state index contributed by atoms with van der Waals surface area (Å²) < 4.78 is 11.1. The highest BCUT2D eigenvalue weighted by Gasteiger charge is 2.39. The van der Waals surface area contributed by atoms with Gasteiger partial charge in [0.05, 0.1) is 0 Å². The quantitative estimate of drug-likeness (QED) is 0.625. The first kappa shape index (κ1) is 15.1. The molecule has 0 saturated carbocycles. The Morgan fingerprint density at radius 2 is 1.27 bits per heavy atom. The SMILES string of the molecule is CCC(C)N[Si](NC(C)CC)(OC)OC. The summed E-state index contributed by atoms with van der Waals surface area (Å²) >= 11 is 0. The van der Waals surface area contributed by atoms with Gasteiger partial charge in [-0.2, -0.15) is 0 Å². The molecule has 0 spiro atoms. The van der Waals surface area contributed by atoms with Crippen LogP contribution < -0.4 is 9.96 Å². The summed E-state index contributed by atoms with van der Waals surface area (Å²) in [6, 6.07) is 0.793. The van der Waals surface area contributed by atoms with Crippen molar-refractivity contribution in [2.45, 2.75) is 52.6 Å². The molecule has 15 heavy (non-hydrogen) atoms. The molecule has 92 valence electrons. The van der Waals surface area contributed by atoms with Gasteiger partial charge in [0, 0.05) is 26.3 Å². The van der Waals surface area contributed by atoms with E-state index in [0.717, 1.165) is 12.8 Å². The van der Waals surface area contributed by atoms with Crippen molar-refractivity contribution in [3.05, 3.63) is 0 Å². The molecule has 0 saturated heterocycles. The first-order chi connectivity index (χ1) is 7.03. The van der Waals surface area contributed by atoms with Gasteiger partial charge in [-0.1, -0.05) is 27.7 Å². The summed E-state index contributed by atoms with van der Waals surface area (Å²) in [5.74, 6) is 0. The zero-order chi connectivity index (χ0) is 11.9. The van der Waals surface area contributed by atoms with Crippen molar-refractivity contribution in [1.82, 2.24) is 9.96 Å². The van der Waals surface area contributed by atoms with Gasteiger partial charge in [0.2, 0.25) is 0 Å². The number of hydrogen-bond donors (Lipinski definition) is 2. The molecule has 0 bridgehead atoms. The fourth-order valence-electron chi connectivity index (χ4n) is 1.21. The van der Waals surface area contributed by atoms with Crippen LogP contribution in [0.1, 0.15) is 40.5 Å². The predicted octanol–water partition coefficient (Wildman–Crippen LogP) is 1.49. The van der Waals surface area contributed by atoms with Crippen molar-refractivity contribution < 1.29 is 8.85 Å². The van der Waals surface area contributed by atoms with Crippen LogP contribution >= 0.6 is 0 Å². The van der Waals surface area contributed by atoms with Gasteiger partial charge in [-0.15, -0.1) is 0 Å². The second-order valence-electron chi connectivity index (χ2n) is 3.93. The van der Waals surface area contributed by atoms with Crippen LogP contribution in [-0.4, -0.2) is 35.2 Å². The zero-order valence-electron chi connectivity index (χ0n) is 10.9. The lowest BCUT2D eigenvalue weighted by Crippen LogP contribution is -2.69. The largest absolute Gasteiger partial charge is 0.516 e. The number of hydrogen-bond acceptors (Lipinski definition) is 4. The smallest absolute Gasteiger partial charge is 0.374 e. The molecule has 2 atom stereocenters. The van der Waals surface area contributed by atoms with E-state index in [2.05, 4.69) is 37.7 Å². The van der Waals surface area contributed by atoms with E-state index in [1.165, 1.54) is 0 Å². The molecule has 0 aromatic heterocycles. The summed E-state index contributed by atoms with van der Waals surface area (Å²) in [7, 11) is 0.978. The molecule has 0 radical (unpaired) electrons. The maximum Gasteiger partial charge on any atom is 0.516 e. The molecule has 2 unspecified atom stereocenters. The minimum absolute atomic E-state index is 0.396. The lowest BCUT2D eigenvalue weighted by Gasteiger charge is -2.32. The topological polar surface area (TPSA) is 42.5 Å². The molecule has 0 aliphatic heterocycles. The van der Waals surface area contributed by atoms with E-state index in [0.29, 0.717) is 12.1 Å². The fourth-order valence-corrected chi connectivity index (χ4v) is 3.64. The zero-order valence-corrected chi connectivity index (χ0v) is 11.9. The first-order valence-corrected chi connectivity index (χ1v) is 7.50. The van der Waals surface area contributed by atoms with E-state index in [1.54, 1.807) is 14.2 Å². The fraction of sp³-hybridized carbons (Fsp3) is 1.00. The third kappa shape index (κ3) is 5.08. The molecular formula is C10H26N2O2Si. The van der Waals surface area contributed by atoms with E-state index < -0.39 is 8.88 Å². The highest BCUT2D eigenvalue weighted by Crippen LogP contribution is 2.03. The third-order valence-corrected chi connectivity index (χ3v) is 5.57. The van der Waals surface area contributed by atoms with Gasteiger partial charge in [0.15, 0.2) is 0 Å². The monoisotopic (exact) mass is 234 g/mol. The molecule has 2 N–H and O–H groups in total. The maximum absolute atomic E-state index is 5.53. The lowest BCUT2D eigenvalue weighted by molar-refractivity contribution is 0.201. The second kappa shape index (κ2) is 7.35. The summed E-state index contributed by atoms with van der Waals surface area (Å²) in [6.07, 6.45) is 2.12. The van der Waals surface area contributed by atoms with Gasteiger partial charge in [0.25, 0.3) is 0 Å². The van der Waals surface area contributed by atoms with E-state index >= 15 is 0 Å². The minimum atomic E-state index is -2.41. The Hall–Kier alpha value is 0.0569. The Kier molecular flexibility index (Phi) is 7.38. The first-order valence-electron chi connectivity index (χ1n) is 5.69. The Bertz CT molecular complexity index is 152. The molecule has 5 heteroatoms. The van der Waals surface area contributed by atoms with Crippen molar-refractivity contribution in [3.63, 3.8) is 0 Å². The average molecular weight is 234 g/mol. The Morgan fingerprint density at radius 1 is 0.933 bits per heavy atom. The van der Waals surface area contributed by atoms with Crippen molar-refractivity contribution in [1.29, 1.82) is 0 Å². The van der Waals surface area contributed by atoms with Gasteiger partial charge in [0.1, 0.15) is 0 Å². The average Bonchev–Trinajstić information content (AvgIpc) is 2.27. The van der Waals surface area contributed by atoms with Crippen LogP contribution in [-0.2, 0) is 8.85 Å². The Balaban J connectivity index is 4.42. The molecule has 0 aromatic carbocycles. The predicted molar refractivity (Wildman–Crippen MR) is 65.5 cm³/mol. The summed E-state index contributed by atoms with van der Waals surface area (Å²) in [5.41, 5.74) is 0. The van der Waals surface area contributed by atoms with E-state index in [1.807, 2.05) is 0 Å². The highest BCUT2D eigenvalue weighted by molar-refractivity contribution is 6.62. The summed E-state index contributed by atoms with van der Waals surface area (Å²) in [5, 5.41) is 0. The molecular weight excluding hydrogens is 208 g/mol. The second-order valence-corrected chi connectivity index (χ2v) is 6.56. The summed E-state index contributed by atoms with van der Waals surface area (Å²) in [4.78, 5) is 6.86. The van der Waals surface area contributed by atoms with Crippen molar-refractivity contribution in [3.8, 4) is 0 Å². The van der Waals surface area contributed by atoms with Crippen LogP contribution in [0, 0.1) is 0 Å². The van der Waals surface area contributed by atoms with Crippen LogP contribution in [0.4, 0.5) is 0 Å². The Labute approximate surface area is 95.1 Å². The van der Waals surface area contributed by atoms with Crippen LogP contribution in [0.2, 0.25) is 0 Å². The van der Waals surface area contributed by atoms with E-state index in [4.69, 9.17) is 8.85 Å². The number of rotatable bonds is 8. The highest BCUT2D eigenvalue weighted by atomic mass is 28.4. The van der Waals surface area contributed by atoms with Crippen molar-refractivity contribution in [2.24, 2.45) is 0 Å². The van der Waals surface area contributed by atoms with Gasteiger partial charge in [-0.3, -0.25) is 9.96 Å². The van der Waals surface area contributed by atoms with Crippen LogP contribution in [0.25, 0.3) is 0 Å². The third-order valence-electron chi connectivity index (χ3n) is 2.67. The molecule has 0 aliphatic carbocycles. The Morgan fingerprint density at radius 3 is 1.47 bits per heavy atom. The number of nitrogens with one attached hydrogen (secondary N) is 2. The van der Waals surface area contributed by atoms with E-state index in [9.17, 15) is 0 Å². The standard InChI is InChI=1S/C10H26N2O2Si/c1-7-9(3)11-15(13-5,14-6)12-10(4)8-2/h9-12H,7-8H2,1-6H3. The van der Waals surface area contributed by atoms with Crippen molar-refractivity contribution in [2.75, 3.05) is 14.2 Å². The van der Waals surface area contributed by atoms with Gasteiger partial charge >= 0.3 is 8.88 Å². The lowest BCUT2D eigenvalue weighted by atomic mass is 10.3.